The molecule has 0 bridgehead atoms. The summed E-state index contributed by atoms with van der Waals surface area (Å²) >= 11 is 0. The predicted octanol–water partition coefficient (Wildman–Crippen LogP) is 2.13. The van der Waals surface area contributed by atoms with Gasteiger partial charge < -0.3 is 15.4 Å². The summed E-state index contributed by atoms with van der Waals surface area (Å²) < 4.78 is 4.89. The summed E-state index contributed by atoms with van der Waals surface area (Å²) in [5.41, 5.74) is 0.652. The Morgan fingerprint density at radius 3 is 2.56 bits per heavy atom. The Kier molecular flexibility index (Phi) is 7.21. The molecule has 8 nitrogen and oxygen atoms in total. The van der Waals surface area contributed by atoms with Gasteiger partial charge in [-0.15, -0.1) is 0 Å². The van der Waals surface area contributed by atoms with E-state index in [0.29, 0.717) is 17.7 Å². The summed E-state index contributed by atoms with van der Waals surface area (Å²) in [6.07, 6.45) is 1.38. The van der Waals surface area contributed by atoms with Crippen molar-refractivity contribution in [3.05, 3.63) is 81.5 Å². The number of carbonyl (C=O) groups is 2. The number of nitro benzene ring substituents is 1. The van der Waals surface area contributed by atoms with Crippen LogP contribution in [0.25, 0.3) is 6.08 Å². The summed E-state index contributed by atoms with van der Waals surface area (Å²) in [4.78, 5) is 35.2. The summed E-state index contributed by atoms with van der Waals surface area (Å²) in [7, 11) is 1.50. The average molecular weight is 369 g/mol. The van der Waals surface area contributed by atoms with Crippen LogP contribution in [0.1, 0.15) is 15.9 Å². The van der Waals surface area contributed by atoms with Gasteiger partial charge in [-0.2, -0.15) is 0 Å². The van der Waals surface area contributed by atoms with E-state index in [1.54, 1.807) is 36.4 Å². The number of hydrogen-bond donors (Lipinski definition) is 2. The van der Waals surface area contributed by atoms with Gasteiger partial charge in [0, 0.05) is 31.4 Å². The molecule has 0 atom stereocenters. The van der Waals surface area contributed by atoms with Crippen molar-refractivity contribution in [3.63, 3.8) is 0 Å². The van der Waals surface area contributed by atoms with Gasteiger partial charge >= 0.3 is 0 Å². The summed E-state index contributed by atoms with van der Waals surface area (Å²) in [5, 5.41) is 16.1. The number of nitrogens with zero attached hydrogens (tertiary/aromatic N) is 1. The van der Waals surface area contributed by atoms with Crippen molar-refractivity contribution < 1.29 is 19.2 Å². The van der Waals surface area contributed by atoms with Crippen LogP contribution in [0.2, 0.25) is 0 Å². The number of methoxy groups -OCH3 is 1. The maximum Gasteiger partial charge on any atom is 0.270 e. The molecular weight excluding hydrogens is 350 g/mol. The van der Waals surface area contributed by atoms with Gasteiger partial charge in [0.05, 0.1) is 11.5 Å². The third-order valence-electron chi connectivity index (χ3n) is 3.51. The highest BCUT2D eigenvalue weighted by atomic mass is 16.6. The van der Waals surface area contributed by atoms with E-state index in [1.807, 2.05) is 0 Å². The molecular formula is C19H19N3O5. The van der Waals surface area contributed by atoms with E-state index in [2.05, 4.69) is 10.6 Å². The third kappa shape index (κ3) is 6.05. The fraction of sp³-hybridized carbons (Fsp3) is 0.158. The molecule has 0 spiro atoms. The number of nitrogens with one attached hydrogen (secondary N) is 2. The van der Waals surface area contributed by atoms with Crippen molar-refractivity contribution in [3.8, 4) is 0 Å². The lowest BCUT2D eigenvalue weighted by Crippen LogP contribution is -2.36. The van der Waals surface area contributed by atoms with Gasteiger partial charge in [-0.3, -0.25) is 19.7 Å². The molecule has 0 aliphatic heterocycles. The first-order chi connectivity index (χ1) is 13.0. The predicted molar refractivity (Wildman–Crippen MR) is 99.9 cm³/mol. The van der Waals surface area contributed by atoms with Crippen molar-refractivity contribution in [2.24, 2.45) is 0 Å². The number of ether oxygens (including phenoxy) is 1. The molecule has 0 radical (unpaired) electrons. The first-order valence-corrected chi connectivity index (χ1v) is 8.11. The monoisotopic (exact) mass is 369 g/mol. The van der Waals surface area contributed by atoms with Crippen LogP contribution in [0.4, 0.5) is 5.69 Å². The molecule has 0 fully saturated rings. The Morgan fingerprint density at radius 2 is 1.89 bits per heavy atom. The number of rotatable bonds is 8. The topological polar surface area (TPSA) is 111 Å². The van der Waals surface area contributed by atoms with Crippen molar-refractivity contribution >= 4 is 23.6 Å². The Hall–Kier alpha value is -3.52. The van der Waals surface area contributed by atoms with Crippen LogP contribution in [0.3, 0.4) is 0 Å². The number of benzene rings is 2. The summed E-state index contributed by atoms with van der Waals surface area (Å²) in [5.74, 6) is -0.989. The number of amides is 2. The van der Waals surface area contributed by atoms with Gasteiger partial charge in [0.15, 0.2) is 0 Å². The van der Waals surface area contributed by atoms with E-state index in [-0.39, 0.29) is 17.9 Å². The molecule has 0 aromatic heterocycles. The van der Waals surface area contributed by atoms with E-state index < -0.39 is 16.7 Å². The normalized spacial score (nSPS) is 10.9. The largest absolute Gasteiger partial charge is 0.383 e. The van der Waals surface area contributed by atoms with Crippen LogP contribution >= 0.6 is 0 Å². The van der Waals surface area contributed by atoms with Gasteiger partial charge in [0.2, 0.25) is 0 Å². The lowest BCUT2D eigenvalue weighted by atomic mass is 10.1. The molecule has 2 amide bonds. The quantitative estimate of drug-likeness (QED) is 0.320. The van der Waals surface area contributed by atoms with Crippen LogP contribution in [0.5, 0.6) is 0 Å². The highest BCUT2D eigenvalue weighted by Crippen LogP contribution is 2.15. The number of carbonyl (C=O) groups excluding carboxylic acids is 2. The van der Waals surface area contributed by atoms with Crippen LogP contribution in [-0.2, 0) is 9.53 Å². The fourth-order valence-electron chi connectivity index (χ4n) is 2.20. The molecule has 2 aromatic rings. The minimum Gasteiger partial charge on any atom is -0.383 e. The fourth-order valence-corrected chi connectivity index (χ4v) is 2.20. The SMILES string of the molecule is COCCNC(=O)/C(=C/c1cccc([N+](=O)[O-])c1)NC(=O)c1ccccc1. The molecule has 140 valence electrons. The first kappa shape index (κ1) is 19.8. The Bertz CT molecular complexity index is 849. The van der Waals surface area contributed by atoms with E-state index in [1.165, 1.54) is 31.4 Å². The second kappa shape index (κ2) is 9.83. The van der Waals surface area contributed by atoms with Crippen molar-refractivity contribution in [2.75, 3.05) is 20.3 Å². The zero-order chi connectivity index (χ0) is 19.6. The molecule has 0 unspecified atom stereocenters. The molecule has 0 saturated heterocycles. The van der Waals surface area contributed by atoms with Gasteiger partial charge in [-0.25, -0.2) is 0 Å². The molecule has 0 aliphatic carbocycles. The van der Waals surface area contributed by atoms with Crippen LogP contribution in [0, 0.1) is 10.1 Å². The third-order valence-corrected chi connectivity index (χ3v) is 3.51. The average Bonchev–Trinajstić information content (AvgIpc) is 2.68. The molecule has 27 heavy (non-hydrogen) atoms. The second-order valence-electron chi connectivity index (χ2n) is 5.48. The first-order valence-electron chi connectivity index (χ1n) is 8.11. The van der Waals surface area contributed by atoms with Crippen molar-refractivity contribution in [2.45, 2.75) is 0 Å². The van der Waals surface area contributed by atoms with Gasteiger partial charge in [0.25, 0.3) is 17.5 Å². The molecule has 0 heterocycles. The molecule has 8 heteroatoms. The molecule has 2 rings (SSSR count). The Morgan fingerprint density at radius 1 is 1.15 bits per heavy atom. The lowest BCUT2D eigenvalue weighted by Gasteiger charge is -2.11. The van der Waals surface area contributed by atoms with Crippen LogP contribution < -0.4 is 10.6 Å². The molecule has 2 aromatic carbocycles. The minimum atomic E-state index is -0.530. The van der Waals surface area contributed by atoms with E-state index in [4.69, 9.17) is 4.74 Å². The van der Waals surface area contributed by atoms with Crippen LogP contribution in [0.15, 0.2) is 60.3 Å². The highest BCUT2D eigenvalue weighted by molar-refractivity contribution is 6.05. The van der Waals surface area contributed by atoms with E-state index in [0.717, 1.165) is 0 Å². The number of non-ortho nitro benzene ring substituents is 1. The smallest absolute Gasteiger partial charge is 0.270 e. The van der Waals surface area contributed by atoms with Crippen molar-refractivity contribution in [1.82, 2.24) is 10.6 Å². The summed E-state index contributed by atoms with van der Waals surface area (Å²) in [6, 6.07) is 14.2. The molecule has 0 saturated carbocycles. The van der Waals surface area contributed by atoms with E-state index in [9.17, 15) is 19.7 Å². The summed E-state index contributed by atoms with van der Waals surface area (Å²) in [6.45, 7) is 0.561. The Balaban J connectivity index is 2.28. The van der Waals surface area contributed by atoms with Crippen LogP contribution in [-0.4, -0.2) is 37.0 Å². The molecule has 0 aliphatic rings. The molecule has 2 N–H and O–H groups in total. The maximum atomic E-state index is 12.4. The van der Waals surface area contributed by atoms with Gasteiger partial charge in [0.1, 0.15) is 5.70 Å². The second-order valence-corrected chi connectivity index (χ2v) is 5.48. The van der Waals surface area contributed by atoms with Gasteiger partial charge in [-0.1, -0.05) is 30.3 Å². The lowest BCUT2D eigenvalue weighted by molar-refractivity contribution is -0.384. The number of nitro groups is 1. The van der Waals surface area contributed by atoms with Crippen molar-refractivity contribution in [1.29, 1.82) is 0 Å². The number of hydrogen-bond acceptors (Lipinski definition) is 5. The van der Waals surface area contributed by atoms with Gasteiger partial charge in [-0.05, 0) is 23.8 Å². The maximum absolute atomic E-state index is 12.4. The van der Waals surface area contributed by atoms with E-state index >= 15 is 0 Å². The highest BCUT2D eigenvalue weighted by Gasteiger charge is 2.15. The Labute approximate surface area is 156 Å². The minimum absolute atomic E-state index is 0.0274. The zero-order valence-electron chi connectivity index (χ0n) is 14.7. The standard InChI is InChI=1S/C19H19N3O5/c1-27-11-10-20-19(24)17(21-18(23)15-7-3-2-4-8-15)13-14-6-5-9-16(12-14)22(25)26/h2-9,12-13H,10-11H2,1H3,(H,20,24)(H,21,23)/b17-13-. The zero-order valence-corrected chi connectivity index (χ0v) is 14.7.